The van der Waals surface area contributed by atoms with Crippen LogP contribution in [0.5, 0.6) is 0 Å². The lowest BCUT2D eigenvalue weighted by atomic mass is 10.0. The third-order valence-electron chi connectivity index (χ3n) is 6.29. The van der Waals surface area contributed by atoms with E-state index in [1.807, 2.05) is 6.07 Å². The lowest BCUT2D eigenvalue weighted by molar-refractivity contribution is 0.248. The first-order valence-electron chi connectivity index (χ1n) is 13.2. The van der Waals surface area contributed by atoms with Gasteiger partial charge >= 0.3 is 8.56 Å². The van der Waals surface area contributed by atoms with Crippen LogP contribution >= 0.6 is 0 Å². The lowest BCUT2D eigenvalue weighted by Gasteiger charge is -2.22. The van der Waals surface area contributed by atoms with E-state index in [0.717, 1.165) is 6.04 Å². The quantitative estimate of drug-likeness (QED) is 0.157. The Morgan fingerprint density at radius 3 is 1.26 bits per heavy atom. The van der Waals surface area contributed by atoms with Crippen molar-refractivity contribution in [3.05, 3.63) is 30.3 Å². The molecule has 0 bridgehead atoms. The topological polar surface area (TPSA) is 18.5 Å². The molecule has 1 aromatic rings. The molecule has 0 atom stereocenters. The minimum atomic E-state index is -1.80. The van der Waals surface area contributed by atoms with Crippen LogP contribution in [0.15, 0.2) is 30.3 Å². The molecule has 31 heavy (non-hydrogen) atoms. The van der Waals surface area contributed by atoms with Crippen molar-refractivity contribution in [2.75, 3.05) is 14.2 Å². The Morgan fingerprint density at radius 1 is 0.613 bits per heavy atom. The molecule has 0 aliphatic heterocycles. The monoisotopic (exact) mass is 466 g/mol. The highest BCUT2D eigenvalue weighted by molar-refractivity contribution is 6.65. The summed E-state index contributed by atoms with van der Waals surface area (Å²) in [5.41, 5.74) is 0. The van der Waals surface area contributed by atoms with Gasteiger partial charge in [0, 0.05) is 24.5 Å². The van der Waals surface area contributed by atoms with Crippen LogP contribution in [0, 0.1) is 0 Å². The summed E-state index contributed by atoms with van der Waals surface area (Å²) in [5, 5.41) is 1.46. The Kier molecular flexibility index (Phi) is 22.4. The molecule has 0 radical (unpaired) electrons. The number of hydrogen-bond acceptors (Lipinski definition) is 2. The van der Waals surface area contributed by atoms with Crippen LogP contribution in [-0.4, -0.2) is 33.0 Å². The summed E-state index contributed by atoms with van der Waals surface area (Å²) in [6.45, 7) is 4.46. The minimum absolute atomic E-state index is 1.14. The van der Waals surface area contributed by atoms with Gasteiger partial charge in [0.2, 0.25) is 0 Å². The molecular formula is C27H54O2Si2. The fraction of sp³-hybridized carbons (Fsp3) is 0.778. The SMILES string of the molecule is CCCCCCCCCCCCCCCCCC[Si](C)(OC)OC.[SiH3]c1ccccc1. The summed E-state index contributed by atoms with van der Waals surface area (Å²) in [6.07, 6.45) is 22.8. The normalized spacial score (nSPS) is 11.4. The number of rotatable bonds is 19. The van der Waals surface area contributed by atoms with E-state index >= 15 is 0 Å². The molecule has 0 unspecified atom stereocenters. The van der Waals surface area contributed by atoms with Crippen molar-refractivity contribution in [3.8, 4) is 0 Å². The highest BCUT2D eigenvalue weighted by atomic mass is 28.4. The zero-order chi connectivity index (χ0) is 23.0. The van der Waals surface area contributed by atoms with Gasteiger partial charge in [-0.2, -0.15) is 0 Å². The summed E-state index contributed by atoms with van der Waals surface area (Å²) in [6, 6.07) is 11.6. The summed E-state index contributed by atoms with van der Waals surface area (Å²) in [5.74, 6) is 0. The Labute approximate surface area is 199 Å². The highest BCUT2D eigenvalue weighted by Crippen LogP contribution is 2.18. The molecule has 0 saturated heterocycles. The van der Waals surface area contributed by atoms with E-state index in [0.29, 0.717) is 0 Å². The van der Waals surface area contributed by atoms with Crippen LogP contribution in [0.2, 0.25) is 12.6 Å². The van der Waals surface area contributed by atoms with Crippen molar-refractivity contribution in [3.63, 3.8) is 0 Å². The molecule has 4 heteroatoms. The summed E-state index contributed by atoms with van der Waals surface area (Å²) < 4.78 is 11.1. The minimum Gasteiger partial charge on any atom is -0.398 e. The average Bonchev–Trinajstić information content (AvgIpc) is 2.79. The van der Waals surface area contributed by atoms with Gasteiger partial charge < -0.3 is 8.85 Å². The molecule has 0 heterocycles. The molecule has 182 valence electrons. The van der Waals surface area contributed by atoms with Crippen molar-refractivity contribution in [2.24, 2.45) is 0 Å². The second-order valence-electron chi connectivity index (χ2n) is 9.25. The van der Waals surface area contributed by atoms with Gasteiger partial charge in [-0.1, -0.05) is 145 Å². The Morgan fingerprint density at radius 2 is 0.968 bits per heavy atom. The standard InChI is InChI=1S/C21H46O2Si.C6H8Si/c1-5-6-7-8-9-10-11-12-13-14-15-16-17-18-19-20-21-24(4,22-2)23-3;7-6-4-2-1-3-5-6/h5-21H2,1-4H3;1-5H,7H3. The van der Waals surface area contributed by atoms with E-state index in [-0.39, 0.29) is 0 Å². The van der Waals surface area contributed by atoms with Crippen molar-refractivity contribution in [1.82, 2.24) is 0 Å². The highest BCUT2D eigenvalue weighted by Gasteiger charge is 2.27. The maximum Gasteiger partial charge on any atom is 0.334 e. The smallest absolute Gasteiger partial charge is 0.334 e. The predicted molar refractivity (Wildman–Crippen MR) is 146 cm³/mol. The van der Waals surface area contributed by atoms with Crippen molar-refractivity contribution >= 4 is 24.0 Å². The fourth-order valence-corrected chi connectivity index (χ4v) is 5.67. The van der Waals surface area contributed by atoms with E-state index in [1.165, 1.54) is 118 Å². The second kappa shape index (κ2) is 22.8. The molecule has 1 aromatic carbocycles. The van der Waals surface area contributed by atoms with E-state index in [4.69, 9.17) is 8.85 Å². The molecule has 0 aliphatic rings. The molecular weight excluding hydrogens is 412 g/mol. The third-order valence-corrected chi connectivity index (χ3v) is 9.94. The fourth-order valence-electron chi connectivity index (χ4n) is 3.82. The summed E-state index contributed by atoms with van der Waals surface area (Å²) in [7, 11) is 2.96. The Bertz CT molecular complexity index is 464. The Balaban J connectivity index is 0.00000107. The molecule has 2 nitrogen and oxygen atoms in total. The number of unbranched alkanes of at least 4 members (excludes halogenated alkanes) is 15. The van der Waals surface area contributed by atoms with E-state index in [2.05, 4.69) is 37.7 Å². The molecule has 1 rings (SSSR count). The second-order valence-corrected chi connectivity index (χ2v) is 14.0. The van der Waals surface area contributed by atoms with Gasteiger partial charge in [0.25, 0.3) is 0 Å². The molecule has 0 aromatic heterocycles. The first kappa shape index (κ1) is 30.6. The molecule has 0 aliphatic carbocycles. The first-order valence-corrected chi connectivity index (χ1v) is 16.7. The Hall–Kier alpha value is -0.426. The zero-order valence-electron chi connectivity index (χ0n) is 21.7. The maximum absolute atomic E-state index is 5.53. The number of hydrogen-bond donors (Lipinski definition) is 0. The summed E-state index contributed by atoms with van der Waals surface area (Å²) in [4.78, 5) is 0. The van der Waals surface area contributed by atoms with Crippen LogP contribution in [0.1, 0.15) is 110 Å². The van der Waals surface area contributed by atoms with Crippen molar-refractivity contribution < 1.29 is 8.85 Å². The van der Waals surface area contributed by atoms with E-state index in [1.54, 1.807) is 14.2 Å². The van der Waals surface area contributed by atoms with Gasteiger partial charge in [0.1, 0.15) is 0 Å². The maximum atomic E-state index is 5.53. The van der Waals surface area contributed by atoms with Gasteiger partial charge in [-0.25, -0.2) is 0 Å². The van der Waals surface area contributed by atoms with Crippen molar-refractivity contribution in [1.29, 1.82) is 0 Å². The first-order chi connectivity index (χ1) is 15.1. The molecule has 0 N–H and O–H groups in total. The van der Waals surface area contributed by atoms with Crippen LogP contribution in [0.25, 0.3) is 0 Å². The number of benzene rings is 1. The van der Waals surface area contributed by atoms with Gasteiger partial charge in [-0.05, 0) is 12.6 Å². The predicted octanol–water partition coefficient (Wildman–Crippen LogP) is 7.29. The van der Waals surface area contributed by atoms with Gasteiger partial charge in [0.15, 0.2) is 0 Å². The van der Waals surface area contributed by atoms with Crippen LogP contribution in [-0.2, 0) is 8.85 Å². The van der Waals surface area contributed by atoms with Gasteiger partial charge in [-0.15, -0.1) is 0 Å². The van der Waals surface area contributed by atoms with Gasteiger partial charge in [0.05, 0.1) is 0 Å². The molecule has 0 amide bonds. The molecule has 0 saturated carbocycles. The molecule has 0 fully saturated rings. The summed E-state index contributed by atoms with van der Waals surface area (Å²) >= 11 is 0. The van der Waals surface area contributed by atoms with Crippen LogP contribution < -0.4 is 5.19 Å². The zero-order valence-corrected chi connectivity index (χ0v) is 24.7. The van der Waals surface area contributed by atoms with Gasteiger partial charge in [-0.3, -0.25) is 0 Å². The average molecular weight is 467 g/mol. The van der Waals surface area contributed by atoms with E-state index in [9.17, 15) is 0 Å². The van der Waals surface area contributed by atoms with E-state index < -0.39 is 8.56 Å². The van der Waals surface area contributed by atoms with Crippen LogP contribution in [0.4, 0.5) is 0 Å². The van der Waals surface area contributed by atoms with Crippen molar-refractivity contribution in [2.45, 2.75) is 122 Å². The molecule has 0 spiro atoms. The lowest BCUT2D eigenvalue weighted by Crippen LogP contribution is -2.35. The van der Waals surface area contributed by atoms with Crippen LogP contribution in [0.3, 0.4) is 0 Å². The largest absolute Gasteiger partial charge is 0.398 e. The third kappa shape index (κ3) is 21.2.